The Morgan fingerprint density at radius 2 is 1.79 bits per heavy atom. The zero-order chi connectivity index (χ0) is 24.3. The van der Waals surface area contributed by atoms with Gasteiger partial charge in [-0.15, -0.1) is 0 Å². The predicted molar refractivity (Wildman–Crippen MR) is 127 cm³/mol. The van der Waals surface area contributed by atoms with Crippen LogP contribution in [0.25, 0.3) is 0 Å². The van der Waals surface area contributed by atoms with Gasteiger partial charge in [0.15, 0.2) is 6.23 Å². The lowest BCUT2D eigenvalue weighted by Crippen LogP contribution is -2.42. The van der Waals surface area contributed by atoms with Gasteiger partial charge in [-0.05, 0) is 61.4 Å². The molecule has 0 saturated heterocycles. The first-order valence-electron chi connectivity index (χ1n) is 10.6. The lowest BCUT2D eigenvalue weighted by atomic mass is 10.00. The van der Waals surface area contributed by atoms with Crippen LogP contribution in [-0.2, 0) is 21.2 Å². The molecule has 0 radical (unpaired) electrons. The first-order chi connectivity index (χ1) is 16.3. The number of amides is 1. The zero-order valence-electron chi connectivity index (χ0n) is 18.3. The van der Waals surface area contributed by atoms with E-state index in [0.29, 0.717) is 35.8 Å². The van der Waals surface area contributed by atoms with E-state index < -0.39 is 22.3 Å². The van der Waals surface area contributed by atoms with Crippen LogP contribution in [0.15, 0.2) is 71.6 Å². The first-order valence-corrected chi connectivity index (χ1v) is 12.4. The van der Waals surface area contributed by atoms with Crippen molar-refractivity contribution in [2.75, 3.05) is 13.2 Å². The van der Waals surface area contributed by atoms with E-state index in [2.05, 4.69) is 0 Å². The SMILES string of the molecule is CCOc1ccc(Oc2ccc(S(=O)(=O)N3CCc4ccccc4C3OC(N)=O)cc2Cl)cc1. The van der Waals surface area contributed by atoms with E-state index in [1.165, 1.54) is 18.2 Å². The van der Waals surface area contributed by atoms with Gasteiger partial charge in [0.25, 0.3) is 0 Å². The minimum Gasteiger partial charge on any atom is -0.494 e. The maximum absolute atomic E-state index is 13.5. The molecule has 178 valence electrons. The topological polar surface area (TPSA) is 108 Å². The number of hydrogen-bond acceptors (Lipinski definition) is 6. The van der Waals surface area contributed by atoms with E-state index >= 15 is 0 Å². The molecule has 1 heterocycles. The summed E-state index contributed by atoms with van der Waals surface area (Å²) in [4.78, 5) is 11.5. The maximum Gasteiger partial charge on any atom is 0.406 e. The zero-order valence-corrected chi connectivity index (χ0v) is 19.9. The van der Waals surface area contributed by atoms with Gasteiger partial charge in [-0.1, -0.05) is 35.9 Å². The monoisotopic (exact) mass is 502 g/mol. The number of primary amides is 1. The molecule has 2 N–H and O–H groups in total. The molecule has 0 aromatic heterocycles. The molecular formula is C24H23ClN2O6S. The molecule has 34 heavy (non-hydrogen) atoms. The van der Waals surface area contributed by atoms with Gasteiger partial charge >= 0.3 is 6.09 Å². The van der Waals surface area contributed by atoms with Gasteiger partial charge in [0, 0.05) is 12.1 Å². The van der Waals surface area contributed by atoms with E-state index in [-0.39, 0.29) is 16.5 Å². The Balaban J connectivity index is 1.60. The van der Waals surface area contributed by atoms with E-state index in [1.807, 2.05) is 19.1 Å². The Hall–Kier alpha value is -3.27. The van der Waals surface area contributed by atoms with Crippen LogP contribution in [0, 0.1) is 0 Å². The van der Waals surface area contributed by atoms with Crippen LogP contribution in [0.3, 0.4) is 0 Å². The number of carbonyl (C=O) groups is 1. The Bertz CT molecular complexity index is 1300. The van der Waals surface area contributed by atoms with E-state index in [0.717, 1.165) is 9.87 Å². The van der Waals surface area contributed by atoms with Crippen LogP contribution in [0.2, 0.25) is 5.02 Å². The second-order valence-electron chi connectivity index (χ2n) is 7.45. The lowest BCUT2D eigenvalue weighted by Gasteiger charge is -2.35. The van der Waals surface area contributed by atoms with Crippen molar-refractivity contribution < 1.29 is 27.4 Å². The number of benzene rings is 3. The van der Waals surface area contributed by atoms with E-state index in [4.69, 9.17) is 31.5 Å². The van der Waals surface area contributed by atoms with Crippen LogP contribution < -0.4 is 15.2 Å². The minimum atomic E-state index is -4.08. The molecule has 10 heteroatoms. The van der Waals surface area contributed by atoms with Crippen LogP contribution >= 0.6 is 11.6 Å². The third-order valence-corrected chi connectivity index (χ3v) is 7.42. The summed E-state index contributed by atoms with van der Waals surface area (Å²) in [5.41, 5.74) is 6.69. The number of sulfonamides is 1. The molecule has 1 unspecified atom stereocenters. The smallest absolute Gasteiger partial charge is 0.406 e. The Morgan fingerprint density at radius 1 is 1.09 bits per heavy atom. The average molecular weight is 503 g/mol. The molecule has 1 atom stereocenters. The molecule has 1 aliphatic rings. The Morgan fingerprint density at radius 3 is 2.47 bits per heavy atom. The molecule has 0 bridgehead atoms. The van der Waals surface area contributed by atoms with Gasteiger partial charge in [0.1, 0.15) is 17.2 Å². The first kappa shape index (κ1) is 23.9. The van der Waals surface area contributed by atoms with Crippen molar-refractivity contribution in [3.05, 3.63) is 82.9 Å². The predicted octanol–water partition coefficient (Wildman–Crippen LogP) is 4.87. The van der Waals surface area contributed by atoms with Gasteiger partial charge in [-0.3, -0.25) is 0 Å². The summed E-state index contributed by atoms with van der Waals surface area (Å²) >= 11 is 6.37. The van der Waals surface area contributed by atoms with Gasteiger partial charge in [-0.25, -0.2) is 13.2 Å². The average Bonchev–Trinajstić information content (AvgIpc) is 2.81. The largest absolute Gasteiger partial charge is 0.494 e. The van der Waals surface area contributed by atoms with Crippen molar-refractivity contribution in [3.63, 3.8) is 0 Å². The fourth-order valence-corrected chi connectivity index (χ4v) is 5.54. The highest BCUT2D eigenvalue weighted by atomic mass is 35.5. The van der Waals surface area contributed by atoms with E-state index in [1.54, 1.807) is 36.4 Å². The van der Waals surface area contributed by atoms with Crippen LogP contribution in [0.5, 0.6) is 17.2 Å². The van der Waals surface area contributed by atoms with Crippen LogP contribution in [-0.4, -0.2) is 32.0 Å². The van der Waals surface area contributed by atoms with Crippen molar-refractivity contribution in [1.82, 2.24) is 4.31 Å². The fourth-order valence-electron chi connectivity index (χ4n) is 3.74. The van der Waals surface area contributed by atoms with Gasteiger partial charge in [0.2, 0.25) is 10.0 Å². The number of hydrogen-bond donors (Lipinski definition) is 1. The third-order valence-electron chi connectivity index (χ3n) is 5.28. The maximum atomic E-state index is 13.5. The summed E-state index contributed by atoms with van der Waals surface area (Å²) in [5, 5.41) is 0.111. The number of nitrogens with zero attached hydrogens (tertiary/aromatic N) is 1. The molecule has 0 fully saturated rings. The number of fused-ring (bicyclic) bond motifs is 1. The summed E-state index contributed by atoms with van der Waals surface area (Å²) in [6, 6.07) is 18.3. The molecule has 1 amide bonds. The Labute approximate surface area is 202 Å². The van der Waals surface area contributed by atoms with Crippen molar-refractivity contribution in [1.29, 1.82) is 0 Å². The molecule has 3 aromatic carbocycles. The normalized spacial score (nSPS) is 15.9. The number of carbonyl (C=O) groups excluding carboxylic acids is 1. The number of ether oxygens (including phenoxy) is 3. The molecule has 0 spiro atoms. The highest BCUT2D eigenvalue weighted by molar-refractivity contribution is 7.89. The number of nitrogens with two attached hydrogens (primary N) is 1. The minimum absolute atomic E-state index is 0.0611. The third kappa shape index (κ3) is 4.96. The van der Waals surface area contributed by atoms with E-state index in [9.17, 15) is 13.2 Å². The fraction of sp³-hybridized carbons (Fsp3) is 0.208. The van der Waals surface area contributed by atoms with Gasteiger partial charge < -0.3 is 19.9 Å². The molecule has 4 rings (SSSR count). The number of rotatable bonds is 7. The summed E-state index contributed by atoms with van der Waals surface area (Å²) in [5.74, 6) is 1.51. The van der Waals surface area contributed by atoms with Crippen molar-refractivity contribution in [2.24, 2.45) is 5.73 Å². The molecule has 0 aliphatic carbocycles. The van der Waals surface area contributed by atoms with Crippen molar-refractivity contribution in [2.45, 2.75) is 24.5 Å². The quantitative estimate of drug-likeness (QED) is 0.493. The highest BCUT2D eigenvalue weighted by Gasteiger charge is 2.38. The summed E-state index contributed by atoms with van der Waals surface area (Å²) < 4.78 is 44.5. The van der Waals surface area contributed by atoms with Crippen LogP contribution in [0.4, 0.5) is 4.79 Å². The Kier molecular flexibility index (Phi) is 6.97. The highest BCUT2D eigenvalue weighted by Crippen LogP contribution is 2.37. The standard InChI is InChI=1S/C24H23ClN2O6S/c1-2-31-17-7-9-18(10-8-17)32-22-12-11-19(15-21(22)25)34(29,30)27-14-13-16-5-3-4-6-20(16)23(27)33-24(26)28/h3-12,15,23H,2,13-14H2,1H3,(H2,26,28). The molecule has 0 saturated carbocycles. The van der Waals surface area contributed by atoms with Gasteiger partial charge in [-0.2, -0.15) is 4.31 Å². The number of halogens is 1. The van der Waals surface area contributed by atoms with Crippen molar-refractivity contribution in [3.8, 4) is 17.2 Å². The molecule has 8 nitrogen and oxygen atoms in total. The van der Waals surface area contributed by atoms with Crippen molar-refractivity contribution >= 4 is 27.7 Å². The molecule has 1 aliphatic heterocycles. The summed E-state index contributed by atoms with van der Waals surface area (Å²) in [6.07, 6.45) is -1.79. The van der Waals surface area contributed by atoms with Gasteiger partial charge in [0.05, 0.1) is 16.5 Å². The molecular weight excluding hydrogens is 480 g/mol. The second kappa shape index (κ2) is 9.92. The summed E-state index contributed by atoms with van der Waals surface area (Å²) in [7, 11) is -4.08. The summed E-state index contributed by atoms with van der Waals surface area (Å²) in [6.45, 7) is 2.56. The van der Waals surface area contributed by atoms with Crippen LogP contribution in [0.1, 0.15) is 24.3 Å². The molecule has 3 aromatic rings. The second-order valence-corrected chi connectivity index (χ2v) is 9.75. The lowest BCUT2D eigenvalue weighted by molar-refractivity contribution is 0.0295.